The Morgan fingerprint density at radius 2 is 1.59 bits per heavy atom. The Hall–Kier alpha value is -4.45. The second kappa shape index (κ2) is 9.14. The van der Waals surface area contributed by atoms with Crippen LogP contribution in [0.5, 0.6) is 5.75 Å². The number of phenolic OH excluding ortho intramolecular Hbond substituents is 1. The molecule has 4 aromatic carbocycles. The van der Waals surface area contributed by atoms with E-state index in [-0.39, 0.29) is 11.7 Å². The smallest absolute Gasteiger partial charge is 0.271 e. The van der Waals surface area contributed by atoms with Crippen molar-refractivity contribution in [1.82, 2.24) is 5.43 Å². The molecular weight excluding hydrogens is 402 g/mol. The predicted molar refractivity (Wildman–Crippen MR) is 126 cm³/mol. The first-order valence-electron chi connectivity index (χ1n) is 10.0. The van der Waals surface area contributed by atoms with Gasteiger partial charge in [-0.2, -0.15) is 5.10 Å². The summed E-state index contributed by atoms with van der Waals surface area (Å²) in [6.07, 6.45) is 1.42. The van der Waals surface area contributed by atoms with E-state index in [0.717, 1.165) is 16.3 Å². The molecule has 6 nitrogen and oxygen atoms in total. The molecule has 0 heterocycles. The van der Waals surface area contributed by atoms with E-state index in [1.807, 2.05) is 49.4 Å². The van der Waals surface area contributed by atoms with Gasteiger partial charge in [0.2, 0.25) is 0 Å². The molecule has 0 aromatic heterocycles. The van der Waals surface area contributed by atoms with Crippen molar-refractivity contribution in [1.29, 1.82) is 0 Å². The van der Waals surface area contributed by atoms with E-state index in [1.165, 1.54) is 6.21 Å². The van der Waals surface area contributed by atoms with E-state index in [9.17, 15) is 14.7 Å². The number of carbonyl (C=O) groups is 2. The van der Waals surface area contributed by atoms with E-state index >= 15 is 0 Å². The van der Waals surface area contributed by atoms with Crippen molar-refractivity contribution in [2.75, 3.05) is 5.32 Å². The van der Waals surface area contributed by atoms with Crippen molar-refractivity contribution in [2.24, 2.45) is 5.10 Å². The van der Waals surface area contributed by atoms with Gasteiger partial charge < -0.3 is 10.4 Å². The van der Waals surface area contributed by atoms with Crippen LogP contribution in [0.25, 0.3) is 10.8 Å². The molecule has 0 aliphatic carbocycles. The van der Waals surface area contributed by atoms with Crippen LogP contribution in [-0.2, 0) is 0 Å². The van der Waals surface area contributed by atoms with E-state index in [4.69, 9.17) is 0 Å². The van der Waals surface area contributed by atoms with Crippen LogP contribution in [0, 0.1) is 6.92 Å². The summed E-state index contributed by atoms with van der Waals surface area (Å²) in [6, 6.07) is 24.9. The molecule has 0 aliphatic heterocycles. The Balaban J connectivity index is 1.47. The summed E-state index contributed by atoms with van der Waals surface area (Å²) >= 11 is 0. The average molecular weight is 423 g/mol. The Labute approximate surface area is 185 Å². The van der Waals surface area contributed by atoms with Gasteiger partial charge in [-0.15, -0.1) is 0 Å². The van der Waals surface area contributed by atoms with Gasteiger partial charge in [-0.05, 0) is 54.1 Å². The summed E-state index contributed by atoms with van der Waals surface area (Å²) in [5.74, 6) is -0.620. The molecule has 4 aromatic rings. The minimum atomic E-state index is -0.437. The maximum atomic E-state index is 12.5. The van der Waals surface area contributed by atoms with Crippen LogP contribution in [-0.4, -0.2) is 23.1 Å². The normalized spacial score (nSPS) is 10.9. The van der Waals surface area contributed by atoms with Crippen LogP contribution in [0.4, 0.5) is 5.69 Å². The Bertz CT molecular complexity index is 1350. The first kappa shape index (κ1) is 20.8. The fourth-order valence-electron chi connectivity index (χ4n) is 3.37. The molecule has 4 rings (SSSR count). The van der Waals surface area contributed by atoms with Crippen molar-refractivity contribution in [3.8, 4) is 5.75 Å². The lowest BCUT2D eigenvalue weighted by Gasteiger charge is -2.08. The zero-order valence-corrected chi connectivity index (χ0v) is 17.4. The highest BCUT2D eigenvalue weighted by Crippen LogP contribution is 2.25. The first-order valence-corrected chi connectivity index (χ1v) is 10.0. The number of phenols is 1. The fourth-order valence-corrected chi connectivity index (χ4v) is 3.37. The zero-order chi connectivity index (χ0) is 22.5. The molecular formula is C26H21N3O3. The number of aromatic hydroxyl groups is 1. The number of hydrogen-bond acceptors (Lipinski definition) is 4. The molecule has 6 heteroatoms. The lowest BCUT2D eigenvalue weighted by Crippen LogP contribution is -2.18. The van der Waals surface area contributed by atoms with E-state index < -0.39 is 5.91 Å². The molecule has 158 valence electrons. The van der Waals surface area contributed by atoms with Crippen molar-refractivity contribution in [3.63, 3.8) is 0 Å². The molecule has 3 N–H and O–H groups in total. The average Bonchev–Trinajstić information content (AvgIpc) is 2.80. The van der Waals surface area contributed by atoms with Crippen LogP contribution in [0.2, 0.25) is 0 Å². The maximum Gasteiger partial charge on any atom is 0.271 e. The van der Waals surface area contributed by atoms with Gasteiger partial charge in [-0.1, -0.05) is 54.1 Å². The fraction of sp³-hybridized carbons (Fsp3) is 0.0385. The van der Waals surface area contributed by atoms with Crippen LogP contribution < -0.4 is 10.7 Å². The second-order valence-corrected chi connectivity index (χ2v) is 7.32. The van der Waals surface area contributed by atoms with Crippen molar-refractivity contribution in [3.05, 3.63) is 107 Å². The lowest BCUT2D eigenvalue weighted by atomic mass is 10.0. The van der Waals surface area contributed by atoms with Crippen molar-refractivity contribution in [2.45, 2.75) is 6.92 Å². The molecule has 2 amide bonds. The van der Waals surface area contributed by atoms with E-state index in [2.05, 4.69) is 15.8 Å². The van der Waals surface area contributed by atoms with Crippen LogP contribution in [0.3, 0.4) is 0 Å². The van der Waals surface area contributed by atoms with Crippen LogP contribution in [0.1, 0.15) is 31.8 Å². The quantitative estimate of drug-likeness (QED) is 0.316. The molecule has 0 fully saturated rings. The van der Waals surface area contributed by atoms with Gasteiger partial charge in [0.1, 0.15) is 5.75 Å². The number of hydrazone groups is 1. The Kier molecular flexibility index (Phi) is 5.94. The summed E-state index contributed by atoms with van der Waals surface area (Å²) in [5, 5.41) is 18.8. The summed E-state index contributed by atoms with van der Waals surface area (Å²) in [4.78, 5) is 25.0. The second-order valence-electron chi connectivity index (χ2n) is 7.32. The number of benzene rings is 4. The van der Waals surface area contributed by atoms with Crippen molar-refractivity contribution < 1.29 is 14.7 Å². The highest BCUT2D eigenvalue weighted by atomic mass is 16.3. The molecule has 0 aliphatic rings. The molecule has 0 bridgehead atoms. The third kappa shape index (κ3) is 4.65. The summed E-state index contributed by atoms with van der Waals surface area (Å²) < 4.78 is 0. The summed E-state index contributed by atoms with van der Waals surface area (Å²) in [5.41, 5.74) is 5.35. The SMILES string of the molecule is Cc1cccc(C(=O)Nc2cccc(C(=O)NN=Cc3c(O)ccc4ccccc34)c2)c1. The number of amides is 2. The minimum Gasteiger partial charge on any atom is -0.507 e. The van der Waals surface area contributed by atoms with Crippen LogP contribution in [0.15, 0.2) is 90.0 Å². The van der Waals surface area contributed by atoms with Crippen molar-refractivity contribution >= 4 is 34.5 Å². The number of aryl methyl sites for hydroxylation is 1. The Morgan fingerprint density at radius 3 is 2.41 bits per heavy atom. The molecule has 0 saturated heterocycles. The number of rotatable bonds is 5. The first-order chi connectivity index (χ1) is 15.5. The standard InChI is InChI=1S/C26H21N3O3/c1-17-6-4-8-19(14-17)25(31)28-21-10-5-9-20(15-21)26(32)29-27-16-23-22-11-3-2-7-18(22)12-13-24(23)30/h2-16,30H,1H3,(H,28,31)(H,29,32). The third-order valence-corrected chi connectivity index (χ3v) is 4.97. The number of fused-ring (bicyclic) bond motifs is 1. The molecule has 0 spiro atoms. The van der Waals surface area contributed by atoms with Gasteiger partial charge in [-0.3, -0.25) is 9.59 Å². The van der Waals surface area contributed by atoms with Gasteiger partial charge in [0.05, 0.1) is 6.21 Å². The number of anilines is 1. The van der Waals surface area contributed by atoms with Gasteiger partial charge in [-0.25, -0.2) is 5.43 Å². The molecule has 0 unspecified atom stereocenters. The number of nitrogens with zero attached hydrogens (tertiary/aromatic N) is 1. The van der Waals surface area contributed by atoms with E-state index in [1.54, 1.807) is 42.5 Å². The van der Waals surface area contributed by atoms with Gasteiger partial charge in [0.15, 0.2) is 0 Å². The minimum absolute atomic E-state index is 0.0718. The molecule has 0 atom stereocenters. The number of nitrogens with one attached hydrogen (secondary N) is 2. The Morgan fingerprint density at radius 1 is 0.844 bits per heavy atom. The molecule has 0 radical (unpaired) electrons. The maximum absolute atomic E-state index is 12.5. The van der Waals surface area contributed by atoms with Gasteiger partial charge >= 0.3 is 0 Å². The monoisotopic (exact) mass is 423 g/mol. The lowest BCUT2D eigenvalue weighted by molar-refractivity contribution is 0.0953. The number of carbonyl (C=O) groups excluding carboxylic acids is 2. The predicted octanol–water partition coefficient (Wildman–Crippen LogP) is 4.87. The largest absolute Gasteiger partial charge is 0.507 e. The van der Waals surface area contributed by atoms with E-state index in [0.29, 0.717) is 22.4 Å². The third-order valence-electron chi connectivity index (χ3n) is 4.97. The summed E-state index contributed by atoms with van der Waals surface area (Å²) in [6.45, 7) is 1.92. The van der Waals surface area contributed by atoms with Gasteiger partial charge in [0, 0.05) is 22.4 Å². The van der Waals surface area contributed by atoms with Crippen LogP contribution >= 0.6 is 0 Å². The molecule has 0 saturated carbocycles. The topological polar surface area (TPSA) is 90.8 Å². The summed E-state index contributed by atoms with van der Waals surface area (Å²) in [7, 11) is 0. The van der Waals surface area contributed by atoms with Gasteiger partial charge in [0.25, 0.3) is 11.8 Å². The molecule has 32 heavy (non-hydrogen) atoms. The zero-order valence-electron chi connectivity index (χ0n) is 17.4. The number of hydrogen-bond donors (Lipinski definition) is 3. The highest BCUT2D eigenvalue weighted by Gasteiger charge is 2.10. The highest BCUT2D eigenvalue weighted by molar-refractivity contribution is 6.05.